The van der Waals surface area contributed by atoms with Crippen LogP contribution in [0.4, 0.5) is 5.69 Å². The quantitative estimate of drug-likeness (QED) is 0.760. The zero-order chi connectivity index (χ0) is 19.4. The van der Waals surface area contributed by atoms with Crippen molar-refractivity contribution in [3.05, 3.63) is 64.2 Å². The summed E-state index contributed by atoms with van der Waals surface area (Å²) in [4.78, 5) is 26.4. The number of likely N-dealkylation sites (tertiary alicyclic amines) is 1. The summed E-state index contributed by atoms with van der Waals surface area (Å²) in [7, 11) is 0. The molecule has 3 rings (SSSR count). The highest BCUT2D eigenvalue weighted by Crippen LogP contribution is 2.25. The van der Waals surface area contributed by atoms with Gasteiger partial charge >= 0.3 is 0 Å². The summed E-state index contributed by atoms with van der Waals surface area (Å²) in [6.45, 7) is 6.02. The third-order valence-electron chi connectivity index (χ3n) is 5.01. The molecule has 0 radical (unpaired) electrons. The minimum Gasteiger partial charge on any atom is -0.326 e. The highest BCUT2D eigenvalue weighted by molar-refractivity contribution is 6.30. The predicted octanol–water partition coefficient (Wildman–Crippen LogP) is 4.70. The Balaban J connectivity index is 1.63. The molecule has 0 unspecified atom stereocenters. The number of amides is 1. The monoisotopic (exact) mass is 384 g/mol. The Bertz CT molecular complexity index is 833. The Hall–Kier alpha value is -2.17. The number of nitrogens with zero attached hydrogens (tertiary/aromatic N) is 1. The van der Waals surface area contributed by atoms with Gasteiger partial charge in [-0.3, -0.25) is 14.5 Å². The van der Waals surface area contributed by atoms with Crippen LogP contribution in [0.2, 0.25) is 5.02 Å². The van der Waals surface area contributed by atoms with E-state index in [-0.39, 0.29) is 17.6 Å². The number of carbonyl (C=O) groups excluding carboxylic acids is 2. The second kappa shape index (κ2) is 8.68. The lowest BCUT2D eigenvalue weighted by molar-refractivity contribution is -0.114. The lowest BCUT2D eigenvalue weighted by atomic mass is 9.88. The first-order chi connectivity index (χ1) is 12.9. The van der Waals surface area contributed by atoms with Gasteiger partial charge in [0.05, 0.1) is 0 Å². The summed E-state index contributed by atoms with van der Waals surface area (Å²) < 4.78 is 0. The number of piperidine rings is 1. The van der Waals surface area contributed by atoms with Gasteiger partial charge in [0.2, 0.25) is 5.91 Å². The summed E-state index contributed by atoms with van der Waals surface area (Å²) in [6, 6.07) is 13.4. The molecule has 1 fully saturated rings. The average Bonchev–Trinajstić information content (AvgIpc) is 2.63. The second-order valence-electron chi connectivity index (χ2n) is 7.28. The average molecular weight is 385 g/mol. The number of ketones is 1. The minimum absolute atomic E-state index is 0.0253. The van der Waals surface area contributed by atoms with Gasteiger partial charge in [0, 0.05) is 42.2 Å². The molecule has 1 aliphatic heterocycles. The van der Waals surface area contributed by atoms with Crippen LogP contribution in [-0.4, -0.2) is 29.7 Å². The Labute approximate surface area is 165 Å². The molecule has 0 spiro atoms. The number of rotatable bonds is 5. The SMILES string of the molecule is CC(=O)Nc1ccc(CN2CCC[C@@H](C(=O)c3ccc(Cl)cc3C)C2)cc1. The Morgan fingerprint density at radius 3 is 2.59 bits per heavy atom. The molecule has 27 heavy (non-hydrogen) atoms. The van der Waals surface area contributed by atoms with Crippen molar-refractivity contribution in [1.82, 2.24) is 4.90 Å². The summed E-state index contributed by atoms with van der Waals surface area (Å²) in [5.74, 6) is 0.171. The van der Waals surface area contributed by atoms with Gasteiger partial charge in [-0.15, -0.1) is 0 Å². The molecule has 1 atom stereocenters. The van der Waals surface area contributed by atoms with E-state index in [0.29, 0.717) is 5.02 Å². The third kappa shape index (κ3) is 5.18. The van der Waals surface area contributed by atoms with Crippen LogP contribution in [0.3, 0.4) is 0 Å². The van der Waals surface area contributed by atoms with Crippen LogP contribution in [0.15, 0.2) is 42.5 Å². The summed E-state index contributed by atoms with van der Waals surface area (Å²) in [5.41, 5.74) is 3.71. The van der Waals surface area contributed by atoms with Gasteiger partial charge in [0.25, 0.3) is 0 Å². The third-order valence-corrected chi connectivity index (χ3v) is 5.25. The van der Waals surface area contributed by atoms with Crippen LogP contribution < -0.4 is 5.32 Å². The zero-order valence-corrected chi connectivity index (χ0v) is 16.6. The van der Waals surface area contributed by atoms with Crippen LogP contribution >= 0.6 is 11.6 Å². The van der Waals surface area contributed by atoms with Crippen LogP contribution in [-0.2, 0) is 11.3 Å². The summed E-state index contributed by atoms with van der Waals surface area (Å²) >= 11 is 6.02. The highest BCUT2D eigenvalue weighted by Gasteiger charge is 2.27. The van der Waals surface area contributed by atoms with E-state index in [1.54, 1.807) is 6.07 Å². The first kappa shape index (κ1) is 19.6. The largest absolute Gasteiger partial charge is 0.326 e. The predicted molar refractivity (Wildman–Crippen MR) is 109 cm³/mol. The fraction of sp³-hybridized carbons (Fsp3) is 0.364. The lowest BCUT2D eigenvalue weighted by Gasteiger charge is -2.32. The molecule has 4 nitrogen and oxygen atoms in total. The first-order valence-electron chi connectivity index (χ1n) is 9.31. The lowest BCUT2D eigenvalue weighted by Crippen LogP contribution is -2.38. The molecule has 2 aromatic rings. The standard InChI is InChI=1S/C22H25ClN2O2/c1-15-12-19(23)7-10-21(15)22(27)18-4-3-11-25(14-18)13-17-5-8-20(9-6-17)24-16(2)26/h5-10,12,18H,3-4,11,13-14H2,1-2H3,(H,24,26)/t18-/m1/s1. The highest BCUT2D eigenvalue weighted by atomic mass is 35.5. The number of aryl methyl sites for hydroxylation is 1. The van der Waals surface area contributed by atoms with Crippen LogP contribution in [0.5, 0.6) is 0 Å². The van der Waals surface area contributed by atoms with Crippen molar-refractivity contribution in [2.24, 2.45) is 5.92 Å². The van der Waals surface area contributed by atoms with Crippen molar-refractivity contribution < 1.29 is 9.59 Å². The zero-order valence-electron chi connectivity index (χ0n) is 15.8. The maximum Gasteiger partial charge on any atom is 0.221 e. The number of benzene rings is 2. The molecule has 5 heteroatoms. The number of hydrogen-bond donors (Lipinski definition) is 1. The van der Waals surface area contributed by atoms with Gasteiger partial charge in [-0.1, -0.05) is 23.7 Å². The smallest absolute Gasteiger partial charge is 0.221 e. The molecule has 2 aromatic carbocycles. The van der Waals surface area contributed by atoms with Gasteiger partial charge in [-0.05, 0) is 67.8 Å². The molecule has 0 saturated carbocycles. The second-order valence-corrected chi connectivity index (χ2v) is 7.71. The van der Waals surface area contributed by atoms with Crippen molar-refractivity contribution >= 4 is 29.0 Å². The summed E-state index contributed by atoms with van der Waals surface area (Å²) in [5, 5.41) is 3.44. The van der Waals surface area contributed by atoms with E-state index >= 15 is 0 Å². The fourth-order valence-electron chi connectivity index (χ4n) is 3.69. The normalized spacial score (nSPS) is 17.5. The minimum atomic E-state index is -0.0716. The number of halogens is 1. The molecule has 1 saturated heterocycles. The van der Waals surface area contributed by atoms with Gasteiger partial charge in [-0.2, -0.15) is 0 Å². The molecular formula is C22H25ClN2O2. The van der Waals surface area contributed by atoms with Crippen LogP contribution in [0.1, 0.15) is 41.3 Å². The fourth-order valence-corrected chi connectivity index (χ4v) is 3.92. The van der Waals surface area contributed by atoms with E-state index in [2.05, 4.69) is 10.2 Å². The van der Waals surface area contributed by atoms with E-state index < -0.39 is 0 Å². The molecule has 0 bridgehead atoms. The maximum atomic E-state index is 13.0. The van der Waals surface area contributed by atoms with Crippen molar-refractivity contribution in [1.29, 1.82) is 0 Å². The van der Waals surface area contributed by atoms with E-state index in [4.69, 9.17) is 11.6 Å². The molecule has 142 valence electrons. The molecule has 1 aliphatic rings. The van der Waals surface area contributed by atoms with Gasteiger partial charge in [0.1, 0.15) is 0 Å². The van der Waals surface area contributed by atoms with Crippen molar-refractivity contribution in [3.8, 4) is 0 Å². The van der Waals surface area contributed by atoms with Crippen molar-refractivity contribution in [2.45, 2.75) is 33.2 Å². The van der Waals surface area contributed by atoms with Crippen molar-refractivity contribution in [3.63, 3.8) is 0 Å². The number of anilines is 1. The number of carbonyl (C=O) groups is 2. The number of Topliss-reactive ketones (excluding diaryl/α,β-unsaturated/α-hetero) is 1. The Morgan fingerprint density at radius 1 is 1.19 bits per heavy atom. The van der Waals surface area contributed by atoms with Crippen LogP contribution in [0, 0.1) is 12.8 Å². The van der Waals surface area contributed by atoms with E-state index in [0.717, 1.165) is 49.3 Å². The van der Waals surface area contributed by atoms with Crippen LogP contribution in [0.25, 0.3) is 0 Å². The number of hydrogen-bond acceptors (Lipinski definition) is 3. The van der Waals surface area contributed by atoms with Gasteiger partial charge < -0.3 is 5.32 Å². The molecule has 0 aromatic heterocycles. The maximum absolute atomic E-state index is 13.0. The Morgan fingerprint density at radius 2 is 1.93 bits per heavy atom. The van der Waals surface area contributed by atoms with Gasteiger partial charge in [0.15, 0.2) is 5.78 Å². The molecule has 1 N–H and O–H groups in total. The number of nitrogens with one attached hydrogen (secondary N) is 1. The van der Waals surface area contributed by atoms with E-state index in [9.17, 15) is 9.59 Å². The molecule has 0 aliphatic carbocycles. The molecule has 1 heterocycles. The Kier molecular flexibility index (Phi) is 6.30. The van der Waals surface area contributed by atoms with E-state index in [1.165, 1.54) is 12.5 Å². The first-order valence-corrected chi connectivity index (χ1v) is 9.69. The molecule has 1 amide bonds. The van der Waals surface area contributed by atoms with Crippen molar-refractivity contribution in [2.75, 3.05) is 18.4 Å². The topological polar surface area (TPSA) is 49.4 Å². The summed E-state index contributed by atoms with van der Waals surface area (Å²) in [6.07, 6.45) is 1.95. The van der Waals surface area contributed by atoms with E-state index in [1.807, 2.05) is 43.3 Å². The molecular weight excluding hydrogens is 360 g/mol. The van der Waals surface area contributed by atoms with Gasteiger partial charge in [-0.25, -0.2) is 0 Å².